The fraction of sp³-hybridized carbons (Fsp3) is 0.360. The minimum Gasteiger partial charge on any atom is -0.487 e. The number of rotatable bonds is 7. The zero-order chi connectivity index (χ0) is 24.4. The van der Waals surface area contributed by atoms with E-state index in [0.717, 1.165) is 12.8 Å². The highest BCUT2D eigenvalue weighted by atomic mass is 19.1. The summed E-state index contributed by atoms with van der Waals surface area (Å²) in [5.74, 6) is 0.932. The summed E-state index contributed by atoms with van der Waals surface area (Å²) in [5, 5.41) is 4.05. The number of halogens is 1. The summed E-state index contributed by atoms with van der Waals surface area (Å²) in [6.45, 7) is 6.49. The van der Waals surface area contributed by atoms with Crippen molar-refractivity contribution in [3.8, 4) is 5.75 Å². The van der Waals surface area contributed by atoms with Crippen LogP contribution in [0.15, 0.2) is 49.4 Å². The van der Waals surface area contributed by atoms with E-state index in [4.69, 9.17) is 4.74 Å². The Morgan fingerprint density at radius 2 is 2.03 bits per heavy atom. The molecule has 0 saturated carbocycles. The Balaban J connectivity index is 1.21. The summed E-state index contributed by atoms with van der Waals surface area (Å²) in [5.41, 5.74) is 1.09. The van der Waals surface area contributed by atoms with Crippen molar-refractivity contribution in [2.75, 3.05) is 38.0 Å². The maximum absolute atomic E-state index is 13.4. The lowest BCUT2D eigenvalue weighted by Gasteiger charge is -2.38. The highest BCUT2D eigenvalue weighted by Crippen LogP contribution is 2.28. The monoisotopic (exact) mass is 478 g/mol. The number of piperidine rings is 1. The summed E-state index contributed by atoms with van der Waals surface area (Å²) in [7, 11) is 0. The average Bonchev–Trinajstić information content (AvgIpc) is 3.29. The van der Waals surface area contributed by atoms with Crippen LogP contribution in [0.2, 0.25) is 0 Å². The van der Waals surface area contributed by atoms with Gasteiger partial charge in [-0.15, -0.1) is 0 Å². The van der Waals surface area contributed by atoms with Crippen LogP contribution in [0, 0.1) is 11.7 Å². The Kier molecular flexibility index (Phi) is 6.35. The molecule has 0 aliphatic carbocycles. The van der Waals surface area contributed by atoms with Crippen molar-refractivity contribution < 1.29 is 18.7 Å². The van der Waals surface area contributed by atoms with Gasteiger partial charge in [-0.25, -0.2) is 14.4 Å². The van der Waals surface area contributed by atoms with Gasteiger partial charge < -0.3 is 24.8 Å². The summed E-state index contributed by atoms with van der Waals surface area (Å²) < 4.78 is 19.1. The fourth-order valence-electron chi connectivity index (χ4n) is 4.57. The van der Waals surface area contributed by atoms with Gasteiger partial charge in [-0.05, 0) is 37.0 Å². The zero-order valence-electron chi connectivity index (χ0n) is 19.2. The van der Waals surface area contributed by atoms with Gasteiger partial charge in [0.1, 0.15) is 35.5 Å². The molecule has 0 unspecified atom stereocenters. The number of likely N-dealkylation sites (tertiary alicyclic amines) is 2. The lowest BCUT2D eigenvalue weighted by molar-refractivity contribution is -0.127. The van der Waals surface area contributed by atoms with Crippen LogP contribution < -0.4 is 10.1 Å². The van der Waals surface area contributed by atoms with Crippen molar-refractivity contribution in [2.45, 2.75) is 18.9 Å². The van der Waals surface area contributed by atoms with E-state index in [-0.39, 0.29) is 23.7 Å². The molecule has 2 saturated heterocycles. The molecule has 2 N–H and O–H groups in total. The number of nitrogens with zero attached hydrogens (tertiary/aromatic N) is 4. The predicted molar refractivity (Wildman–Crippen MR) is 129 cm³/mol. The number of aromatic amines is 1. The van der Waals surface area contributed by atoms with E-state index in [1.165, 1.54) is 24.5 Å². The lowest BCUT2D eigenvalue weighted by atomic mass is 9.96. The molecule has 2 fully saturated rings. The van der Waals surface area contributed by atoms with Crippen LogP contribution in [0.5, 0.6) is 5.75 Å². The topological polar surface area (TPSA) is 103 Å². The second-order valence-corrected chi connectivity index (χ2v) is 8.91. The number of fused-ring (bicyclic) bond motifs is 1. The van der Waals surface area contributed by atoms with Crippen LogP contribution in [0.3, 0.4) is 0 Å². The minimum absolute atomic E-state index is 0.0287. The first kappa shape index (κ1) is 22.8. The molecule has 4 heterocycles. The number of amides is 2. The van der Waals surface area contributed by atoms with Crippen LogP contribution in [0.1, 0.15) is 23.2 Å². The van der Waals surface area contributed by atoms with E-state index >= 15 is 0 Å². The number of aromatic nitrogens is 3. The number of H-pyrrole nitrogens is 1. The molecule has 0 bridgehead atoms. The SMILES string of the molecule is C=CC(=O)N1CCC(CNc2ncnc3[nH]cc(C(=O)N4CC(Oc5cccc(F)c5)C4)c23)CC1. The summed E-state index contributed by atoms with van der Waals surface area (Å²) in [6.07, 6.45) is 6.08. The van der Waals surface area contributed by atoms with Crippen molar-refractivity contribution in [3.63, 3.8) is 0 Å². The van der Waals surface area contributed by atoms with Crippen molar-refractivity contribution in [1.29, 1.82) is 0 Å². The predicted octanol–water partition coefficient (Wildman–Crippen LogP) is 2.84. The molecule has 35 heavy (non-hydrogen) atoms. The number of carbonyl (C=O) groups excluding carboxylic acids is 2. The van der Waals surface area contributed by atoms with Crippen LogP contribution in [0.4, 0.5) is 10.2 Å². The van der Waals surface area contributed by atoms with Gasteiger partial charge in [0.05, 0.1) is 24.0 Å². The second-order valence-electron chi connectivity index (χ2n) is 8.91. The lowest BCUT2D eigenvalue weighted by Crippen LogP contribution is -2.56. The van der Waals surface area contributed by atoms with Gasteiger partial charge >= 0.3 is 0 Å². The third-order valence-corrected chi connectivity index (χ3v) is 6.59. The molecule has 2 aliphatic heterocycles. The van der Waals surface area contributed by atoms with Crippen LogP contribution in [-0.4, -0.2) is 75.4 Å². The van der Waals surface area contributed by atoms with Gasteiger partial charge in [0.2, 0.25) is 5.91 Å². The smallest absolute Gasteiger partial charge is 0.256 e. The number of carbonyl (C=O) groups is 2. The fourth-order valence-corrected chi connectivity index (χ4v) is 4.57. The third-order valence-electron chi connectivity index (χ3n) is 6.59. The van der Waals surface area contributed by atoms with Crippen LogP contribution in [0.25, 0.3) is 11.0 Å². The maximum atomic E-state index is 13.4. The van der Waals surface area contributed by atoms with Gasteiger partial charge in [-0.1, -0.05) is 12.6 Å². The average molecular weight is 479 g/mol. The van der Waals surface area contributed by atoms with Gasteiger partial charge in [-0.3, -0.25) is 9.59 Å². The zero-order valence-corrected chi connectivity index (χ0v) is 19.2. The molecule has 182 valence electrons. The van der Waals surface area contributed by atoms with Gasteiger partial charge in [0.15, 0.2) is 0 Å². The van der Waals surface area contributed by atoms with E-state index < -0.39 is 0 Å². The van der Waals surface area contributed by atoms with Crippen molar-refractivity contribution in [3.05, 3.63) is 60.8 Å². The Morgan fingerprint density at radius 3 is 2.77 bits per heavy atom. The molecule has 1 aromatic carbocycles. The molecule has 0 atom stereocenters. The van der Waals surface area contributed by atoms with E-state index in [0.29, 0.717) is 66.8 Å². The van der Waals surface area contributed by atoms with E-state index in [9.17, 15) is 14.0 Å². The molecule has 9 nitrogen and oxygen atoms in total. The Bertz CT molecular complexity index is 1250. The number of hydrogen-bond acceptors (Lipinski definition) is 6. The first-order valence-electron chi connectivity index (χ1n) is 11.7. The minimum atomic E-state index is -0.357. The highest BCUT2D eigenvalue weighted by molar-refractivity contribution is 6.09. The number of ether oxygens (including phenoxy) is 1. The molecule has 2 aromatic heterocycles. The number of nitrogens with one attached hydrogen (secondary N) is 2. The first-order valence-corrected chi connectivity index (χ1v) is 11.7. The highest BCUT2D eigenvalue weighted by Gasteiger charge is 2.34. The van der Waals surface area contributed by atoms with Crippen LogP contribution in [-0.2, 0) is 4.79 Å². The normalized spacial score (nSPS) is 16.7. The molecular weight excluding hydrogens is 451 g/mol. The van der Waals surface area contributed by atoms with Crippen molar-refractivity contribution >= 4 is 28.7 Å². The Hall–Kier alpha value is -3.95. The summed E-state index contributed by atoms with van der Waals surface area (Å²) >= 11 is 0. The van der Waals surface area contributed by atoms with E-state index in [1.807, 2.05) is 4.90 Å². The van der Waals surface area contributed by atoms with Crippen molar-refractivity contribution in [2.24, 2.45) is 5.92 Å². The third kappa shape index (κ3) is 4.82. The molecular formula is C25H27FN6O3. The molecule has 0 spiro atoms. The van der Waals surface area contributed by atoms with E-state index in [1.54, 1.807) is 23.2 Å². The molecule has 10 heteroatoms. The molecule has 2 amide bonds. The number of benzene rings is 1. The van der Waals surface area contributed by atoms with Gasteiger partial charge in [0, 0.05) is 31.9 Å². The standard InChI is InChI=1S/C25H27FN6O3/c1-2-21(33)31-8-6-16(7-9-31)11-27-23-22-20(12-28-24(22)30-15-29-23)25(34)32-13-19(14-32)35-18-5-3-4-17(26)10-18/h2-5,10,12,15-16,19H,1,6-9,11,13-14H2,(H2,27,28,29,30). The number of hydrogen-bond donors (Lipinski definition) is 2. The summed E-state index contributed by atoms with van der Waals surface area (Å²) in [4.78, 5) is 40.2. The molecule has 3 aromatic rings. The molecule has 0 radical (unpaired) electrons. The van der Waals surface area contributed by atoms with Gasteiger partial charge in [-0.2, -0.15) is 0 Å². The number of anilines is 1. The summed E-state index contributed by atoms with van der Waals surface area (Å²) in [6, 6.07) is 5.99. The Morgan fingerprint density at radius 1 is 1.23 bits per heavy atom. The van der Waals surface area contributed by atoms with Crippen molar-refractivity contribution in [1.82, 2.24) is 24.8 Å². The van der Waals surface area contributed by atoms with E-state index in [2.05, 4.69) is 26.8 Å². The van der Waals surface area contributed by atoms with Gasteiger partial charge in [0.25, 0.3) is 5.91 Å². The second kappa shape index (κ2) is 9.73. The Labute approximate surface area is 202 Å². The molecule has 2 aliphatic rings. The first-order chi connectivity index (χ1) is 17.0. The maximum Gasteiger partial charge on any atom is 0.256 e. The quantitative estimate of drug-likeness (QED) is 0.506. The molecule has 5 rings (SSSR count). The van der Waals surface area contributed by atoms with Crippen LogP contribution >= 0.6 is 0 Å². The largest absolute Gasteiger partial charge is 0.487 e.